The normalized spacial score (nSPS) is 11.7. The Balaban J connectivity index is 2.13. The summed E-state index contributed by atoms with van der Waals surface area (Å²) in [6.45, 7) is 5.23. The molecule has 1 aromatic heterocycles. The van der Waals surface area contributed by atoms with Crippen LogP contribution in [0, 0.1) is 10.1 Å². The Bertz CT molecular complexity index is 783. The van der Waals surface area contributed by atoms with Crippen molar-refractivity contribution in [2.45, 2.75) is 13.0 Å². The Hall–Kier alpha value is -2.74. The number of nitrogens with one attached hydrogen (secondary N) is 1. The molecule has 1 atom stereocenters. The third kappa shape index (κ3) is 3.92. The first-order valence-electron chi connectivity index (χ1n) is 6.70. The number of nitro groups is 1. The van der Waals surface area contributed by atoms with Crippen LogP contribution in [0.1, 0.15) is 16.6 Å². The number of nitro benzene ring substituents is 1. The van der Waals surface area contributed by atoms with Gasteiger partial charge in [0.15, 0.2) is 6.10 Å². The largest absolute Gasteiger partial charge is 0.448 e. The van der Waals surface area contributed by atoms with Crippen molar-refractivity contribution >= 4 is 39.0 Å². The second-order valence-electron chi connectivity index (χ2n) is 4.67. The summed E-state index contributed by atoms with van der Waals surface area (Å²) in [5.74, 6) is -1.06. The van der Waals surface area contributed by atoms with Crippen molar-refractivity contribution in [1.82, 2.24) is 5.32 Å². The number of fused-ring (bicyclic) bond motifs is 1. The van der Waals surface area contributed by atoms with Crippen LogP contribution in [0.15, 0.2) is 36.9 Å². The van der Waals surface area contributed by atoms with Gasteiger partial charge in [-0.05, 0) is 19.1 Å². The van der Waals surface area contributed by atoms with Gasteiger partial charge in [-0.25, -0.2) is 4.79 Å². The Kier molecular flexibility index (Phi) is 5.07. The molecule has 23 heavy (non-hydrogen) atoms. The zero-order valence-corrected chi connectivity index (χ0v) is 13.1. The summed E-state index contributed by atoms with van der Waals surface area (Å²) in [5.41, 5.74) is -0.0487. The summed E-state index contributed by atoms with van der Waals surface area (Å²) in [7, 11) is 0. The minimum atomic E-state index is -0.943. The van der Waals surface area contributed by atoms with Crippen molar-refractivity contribution < 1.29 is 19.2 Å². The van der Waals surface area contributed by atoms with Crippen molar-refractivity contribution in [2.75, 3.05) is 6.54 Å². The lowest BCUT2D eigenvalue weighted by Gasteiger charge is -2.11. The van der Waals surface area contributed by atoms with Gasteiger partial charge in [0.25, 0.3) is 11.6 Å². The number of ether oxygens (including phenoxy) is 1. The van der Waals surface area contributed by atoms with Gasteiger partial charge in [0.2, 0.25) is 0 Å². The molecule has 2 aromatic rings. The van der Waals surface area contributed by atoms with Crippen molar-refractivity contribution in [3.8, 4) is 0 Å². The Labute approximate surface area is 135 Å². The number of carbonyl (C=O) groups is 2. The highest BCUT2D eigenvalue weighted by molar-refractivity contribution is 7.20. The van der Waals surface area contributed by atoms with Crippen molar-refractivity contribution in [2.24, 2.45) is 0 Å². The lowest BCUT2D eigenvalue weighted by molar-refractivity contribution is -0.384. The van der Waals surface area contributed by atoms with E-state index in [1.54, 1.807) is 6.07 Å². The molecule has 8 heteroatoms. The fraction of sp³-hybridized carbons (Fsp3) is 0.200. The maximum absolute atomic E-state index is 12.1. The summed E-state index contributed by atoms with van der Waals surface area (Å²) >= 11 is 1.15. The minimum absolute atomic E-state index is 0.0487. The Morgan fingerprint density at radius 3 is 2.87 bits per heavy atom. The highest BCUT2D eigenvalue weighted by Gasteiger charge is 2.20. The zero-order valence-electron chi connectivity index (χ0n) is 12.3. The lowest BCUT2D eigenvalue weighted by Crippen LogP contribution is -2.35. The van der Waals surface area contributed by atoms with E-state index in [2.05, 4.69) is 11.9 Å². The summed E-state index contributed by atoms with van der Waals surface area (Å²) in [5, 5.41) is 13.9. The molecular formula is C15H14N2O5S. The van der Waals surface area contributed by atoms with E-state index in [-0.39, 0.29) is 17.1 Å². The van der Waals surface area contributed by atoms with E-state index in [1.807, 2.05) is 0 Å². The van der Waals surface area contributed by atoms with Crippen molar-refractivity contribution in [3.05, 3.63) is 51.9 Å². The van der Waals surface area contributed by atoms with E-state index >= 15 is 0 Å². The van der Waals surface area contributed by atoms with Crippen LogP contribution < -0.4 is 5.32 Å². The van der Waals surface area contributed by atoms with Gasteiger partial charge in [0.1, 0.15) is 4.88 Å². The molecule has 0 saturated heterocycles. The van der Waals surface area contributed by atoms with Gasteiger partial charge in [0, 0.05) is 28.8 Å². The Morgan fingerprint density at radius 1 is 1.48 bits per heavy atom. The van der Waals surface area contributed by atoms with Crippen LogP contribution in [0.3, 0.4) is 0 Å². The quantitative estimate of drug-likeness (QED) is 0.379. The van der Waals surface area contributed by atoms with Crippen LogP contribution in [-0.4, -0.2) is 29.4 Å². The zero-order chi connectivity index (χ0) is 17.0. The number of carbonyl (C=O) groups excluding carboxylic acids is 2. The monoisotopic (exact) mass is 334 g/mol. The summed E-state index contributed by atoms with van der Waals surface area (Å²) in [4.78, 5) is 34.3. The van der Waals surface area contributed by atoms with Gasteiger partial charge >= 0.3 is 5.97 Å². The van der Waals surface area contributed by atoms with Crippen LogP contribution in [-0.2, 0) is 9.53 Å². The van der Waals surface area contributed by atoms with Crippen LogP contribution in [0.5, 0.6) is 0 Å². The molecule has 120 valence electrons. The highest BCUT2D eigenvalue weighted by atomic mass is 32.1. The van der Waals surface area contributed by atoms with E-state index < -0.39 is 22.9 Å². The average Bonchev–Trinajstić information content (AvgIpc) is 2.95. The smallest absolute Gasteiger partial charge is 0.349 e. The molecule has 0 aliphatic rings. The maximum atomic E-state index is 12.1. The van der Waals surface area contributed by atoms with E-state index in [0.29, 0.717) is 5.39 Å². The minimum Gasteiger partial charge on any atom is -0.448 e. The highest BCUT2D eigenvalue weighted by Crippen LogP contribution is 2.29. The summed E-state index contributed by atoms with van der Waals surface area (Å²) in [6, 6.07) is 5.86. The molecule has 1 N–H and O–H groups in total. The molecule has 1 aromatic carbocycles. The molecule has 0 fully saturated rings. The van der Waals surface area contributed by atoms with E-state index in [1.165, 1.54) is 31.2 Å². The standard InChI is InChI=1S/C15H14N2O5S/c1-3-6-16-14(18)9(2)22-15(19)13-8-10-7-11(17(20)21)4-5-12(10)23-13/h3-5,7-9H,1,6H2,2H3,(H,16,18)/t9-/m0/s1. The molecule has 0 saturated carbocycles. The van der Waals surface area contributed by atoms with Gasteiger partial charge in [-0.1, -0.05) is 6.08 Å². The number of hydrogen-bond donors (Lipinski definition) is 1. The van der Waals surface area contributed by atoms with Crippen LogP contribution in [0.2, 0.25) is 0 Å². The molecule has 0 bridgehead atoms. The number of benzene rings is 1. The van der Waals surface area contributed by atoms with Crippen LogP contribution >= 0.6 is 11.3 Å². The number of thiophene rings is 1. The first kappa shape index (κ1) is 16.6. The maximum Gasteiger partial charge on any atom is 0.349 e. The van der Waals surface area contributed by atoms with Gasteiger partial charge in [0.05, 0.1) is 4.92 Å². The summed E-state index contributed by atoms with van der Waals surface area (Å²) in [6.07, 6.45) is 0.577. The number of amides is 1. The molecule has 0 aliphatic heterocycles. The van der Waals surface area contributed by atoms with E-state index in [0.717, 1.165) is 16.0 Å². The van der Waals surface area contributed by atoms with Gasteiger partial charge in [-0.3, -0.25) is 14.9 Å². The third-order valence-corrected chi connectivity index (χ3v) is 4.08. The van der Waals surface area contributed by atoms with E-state index in [9.17, 15) is 19.7 Å². The molecule has 7 nitrogen and oxygen atoms in total. The lowest BCUT2D eigenvalue weighted by atomic mass is 10.2. The van der Waals surface area contributed by atoms with Gasteiger partial charge < -0.3 is 10.1 Å². The predicted molar refractivity (Wildman–Crippen MR) is 86.6 cm³/mol. The second-order valence-corrected chi connectivity index (χ2v) is 5.76. The van der Waals surface area contributed by atoms with Crippen LogP contribution in [0.4, 0.5) is 5.69 Å². The number of hydrogen-bond acceptors (Lipinski definition) is 6. The fourth-order valence-electron chi connectivity index (χ4n) is 1.83. The first-order chi connectivity index (χ1) is 10.9. The predicted octanol–water partition coefficient (Wildman–Crippen LogP) is 2.66. The fourth-order valence-corrected chi connectivity index (χ4v) is 2.76. The Morgan fingerprint density at radius 2 is 2.22 bits per heavy atom. The number of esters is 1. The van der Waals surface area contributed by atoms with Crippen molar-refractivity contribution in [3.63, 3.8) is 0 Å². The first-order valence-corrected chi connectivity index (χ1v) is 7.51. The molecule has 1 amide bonds. The van der Waals surface area contributed by atoms with Gasteiger partial charge in [-0.2, -0.15) is 0 Å². The molecule has 0 aliphatic carbocycles. The topological polar surface area (TPSA) is 98.5 Å². The molecule has 0 unspecified atom stereocenters. The molecular weight excluding hydrogens is 320 g/mol. The second kappa shape index (κ2) is 7.01. The van der Waals surface area contributed by atoms with E-state index in [4.69, 9.17) is 4.74 Å². The number of non-ortho nitro benzene ring substituents is 1. The van der Waals surface area contributed by atoms with Crippen molar-refractivity contribution in [1.29, 1.82) is 0 Å². The number of nitrogens with zero attached hydrogens (tertiary/aromatic N) is 1. The summed E-state index contributed by atoms with van der Waals surface area (Å²) < 4.78 is 5.82. The SMILES string of the molecule is C=CCNC(=O)[C@H](C)OC(=O)c1cc2cc([N+](=O)[O-])ccc2s1. The number of rotatable bonds is 6. The average molecular weight is 334 g/mol. The molecule has 0 radical (unpaired) electrons. The molecule has 0 spiro atoms. The third-order valence-electron chi connectivity index (χ3n) is 2.99. The molecule has 2 rings (SSSR count). The molecule has 1 heterocycles. The van der Waals surface area contributed by atoms with Crippen LogP contribution in [0.25, 0.3) is 10.1 Å². The van der Waals surface area contributed by atoms with Gasteiger partial charge in [-0.15, -0.1) is 17.9 Å².